The molecule has 0 spiro atoms. The monoisotopic (exact) mass is 297 g/mol. The van der Waals surface area contributed by atoms with Crippen LogP contribution in [0.2, 0.25) is 0 Å². The van der Waals surface area contributed by atoms with Crippen LogP contribution in [-0.4, -0.2) is 49.3 Å². The molecular weight excluding hydrogens is 262 g/mol. The van der Waals surface area contributed by atoms with E-state index in [0.29, 0.717) is 12.1 Å². The third kappa shape index (κ3) is 8.40. The molecular formula is C17H35N3O. The Kier molecular flexibility index (Phi) is 10.7. The van der Waals surface area contributed by atoms with Crippen molar-refractivity contribution in [2.45, 2.75) is 77.9 Å². The van der Waals surface area contributed by atoms with Crippen molar-refractivity contribution in [3.8, 4) is 6.07 Å². The van der Waals surface area contributed by atoms with E-state index in [9.17, 15) is 5.26 Å². The lowest BCUT2D eigenvalue weighted by atomic mass is 9.96. The molecule has 4 nitrogen and oxygen atoms in total. The fourth-order valence-corrected chi connectivity index (χ4v) is 2.92. The molecule has 0 rings (SSSR count). The van der Waals surface area contributed by atoms with Crippen molar-refractivity contribution in [1.29, 1.82) is 5.26 Å². The average molecular weight is 297 g/mol. The van der Waals surface area contributed by atoms with Gasteiger partial charge in [0.1, 0.15) is 5.54 Å². The summed E-state index contributed by atoms with van der Waals surface area (Å²) < 4.78 is 5.23. The molecule has 0 radical (unpaired) electrons. The van der Waals surface area contributed by atoms with Crippen molar-refractivity contribution >= 4 is 0 Å². The highest BCUT2D eigenvalue weighted by Gasteiger charge is 2.24. The zero-order valence-corrected chi connectivity index (χ0v) is 14.9. The van der Waals surface area contributed by atoms with Gasteiger partial charge in [-0.1, -0.05) is 13.8 Å². The first-order chi connectivity index (χ1) is 9.92. The maximum atomic E-state index is 9.40. The van der Waals surface area contributed by atoms with Gasteiger partial charge >= 0.3 is 0 Å². The summed E-state index contributed by atoms with van der Waals surface area (Å²) in [6.45, 7) is 13.5. The van der Waals surface area contributed by atoms with Gasteiger partial charge in [-0.2, -0.15) is 5.26 Å². The highest BCUT2D eigenvalue weighted by atomic mass is 16.5. The molecule has 1 atom stereocenters. The number of hydrogen-bond donors (Lipinski definition) is 1. The first-order valence-corrected chi connectivity index (χ1v) is 8.34. The molecule has 1 unspecified atom stereocenters. The number of nitriles is 1. The third-order valence-electron chi connectivity index (χ3n) is 4.02. The summed E-state index contributed by atoms with van der Waals surface area (Å²) in [4.78, 5) is 2.51. The van der Waals surface area contributed by atoms with Gasteiger partial charge in [0.25, 0.3) is 0 Å². The molecule has 0 fully saturated rings. The number of nitrogens with zero attached hydrogens (tertiary/aromatic N) is 2. The van der Waals surface area contributed by atoms with Gasteiger partial charge in [0.15, 0.2) is 0 Å². The molecule has 124 valence electrons. The molecule has 0 amide bonds. The first-order valence-electron chi connectivity index (χ1n) is 8.34. The number of methoxy groups -OCH3 is 1. The Balaban J connectivity index is 4.43. The highest BCUT2D eigenvalue weighted by molar-refractivity contribution is 5.04. The van der Waals surface area contributed by atoms with Crippen LogP contribution in [0.3, 0.4) is 0 Å². The van der Waals surface area contributed by atoms with Crippen LogP contribution < -0.4 is 5.32 Å². The summed E-state index contributed by atoms with van der Waals surface area (Å²) in [5.41, 5.74) is -0.422. The van der Waals surface area contributed by atoms with E-state index < -0.39 is 5.54 Å². The van der Waals surface area contributed by atoms with Gasteiger partial charge in [0, 0.05) is 25.7 Å². The Labute approximate surface area is 131 Å². The van der Waals surface area contributed by atoms with Gasteiger partial charge in [-0.25, -0.2) is 0 Å². The Morgan fingerprint density at radius 3 is 2.29 bits per heavy atom. The largest absolute Gasteiger partial charge is 0.383 e. The van der Waals surface area contributed by atoms with E-state index in [1.165, 1.54) is 12.8 Å². The van der Waals surface area contributed by atoms with Gasteiger partial charge in [-0.15, -0.1) is 0 Å². The highest BCUT2D eigenvalue weighted by Crippen LogP contribution is 2.15. The third-order valence-corrected chi connectivity index (χ3v) is 4.02. The molecule has 0 aromatic carbocycles. The van der Waals surface area contributed by atoms with Crippen LogP contribution >= 0.6 is 0 Å². The maximum absolute atomic E-state index is 9.40. The van der Waals surface area contributed by atoms with Crippen LogP contribution in [0.1, 0.15) is 60.3 Å². The molecule has 0 saturated carbocycles. The smallest absolute Gasteiger partial charge is 0.104 e. The predicted octanol–water partition coefficient (Wildman–Crippen LogP) is 3.18. The number of nitrogens with one attached hydrogen (secondary N) is 1. The molecule has 21 heavy (non-hydrogen) atoms. The Hall–Kier alpha value is -0.630. The average Bonchev–Trinajstić information content (AvgIpc) is 2.44. The Morgan fingerprint density at radius 2 is 1.86 bits per heavy atom. The lowest BCUT2D eigenvalue weighted by molar-refractivity contribution is 0.112. The second-order valence-corrected chi connectivity index (χ2v) is 6.35. The van der Waals surface area contributed by atoms with Gasteiger partial charge in [0.2, 0.25) is 0 Å². The molecule has 0 aromatic heterocycles. The van der Waals surface area contributed by atoms with Crippen LogP contribution in [0.15, 0.2) is 0 Å². The van der Waals surface area contributed by atoms with E-state index in [-0.39, 0.29) is 0 Å². The number of hydrogen-bond acceptors (Lipinski definition) is 4. The molecule has 4 heteroatoms. The zero-order chi connectivity index (χ0) is 16.3. The standard InChI is InChI=1S/C17H35N3O/c1-7-16(8-2)20(12-13-21-6)11-9-10-17(5,14-18)19-15(3)4/h15-16,19H,7-13H2,1-6H3. The minimum absolute atomic E-state index is 0.332. The van der Waals surface area contributed by atoms with Crippen LogP contribution in [0, 0.1) is 11.3 Å². The van der Waals surface area contributed by atoms with Crippen molar-refractivity contribution in [2.24, 2.45) is 0 Å². The predicted molar refractivity (Wildman–Crippen MR) is 89.3 cm³/mol. The fourth-order valence-electron chi connectivity index (χ4n) is 2.92. The Bertz CT molecular complexity index is 297. The number of ether oxygens (including phenoxy) is 1. The summed E-state index contributed by atoms with van der Waals surface area (Å²) in [6.07, 6.45) is 4.25. The Morgan fingerprint density at radius 1 is 1.24 bits per heavy atom. The van der Waals surface area contributed by atoms with Crippen LogP contribution in [-0.2, 0) is 4.74 Å². The molecule has 0 aliphatic carbocycles. The van der Waals surface area contributed by atoms with Crippen LogP contribution in [0.25, 0.3) is 0 Å². The molecule has 0 heterocycles. The quantitative estimate of drug-likeness (QED) is 0.601. The molecule has 0 bridgehead atoms. The molecule has 0 aliphatic heterocycles. The molecule has 0 aliphatic rings. The van der Waals surface area contributed by atoms with E-state index in [2.05, 4.69) is 44.0 Å². The summed E-state index contributed by atoms with van der Waals surface area (Å²) in [6, 6.07) is 3.38. The van der Waals surface area contributed by atoms with E-state index >= 15 is 0 Å². The SMILES string of the molecule is CCC(CC)N(CCCC(C)(C#N)NC(C)C)CCOC. The topological polar surface area (TPSA) is 48.3 Å². The summed E-state index contributed by atoms with van der Waals surface area (Å²) in [5, 5.41) is 12.8. The van der Waals surface area contributed by atoms with Gasteiger partial charge in [0.05, 0.1) is 12.7 Å². The number of rotatable bonds is 12. The lowest BCUT2D eigenvalue weighted by Gasteiger charge is -2.32. The molecule has 1 N–H and O–H groups in total. The lowest BCUT2D eigenvalue weighted by Crippen LogP contribution is -2.46. The minimum atomic E-state index is -0.422. The van der Waals surface area contributed by atoms with E-state index in [1.54, 1.807) is 7.11 Å². The normalized spacial score (nSPS) is 14.7. The van der Waals surface area contributed by atoms with E-state index in [4.69, 9.17) is 4.74 Å². The summed E-state index contributed by atoms with van der Waals surface area (Å²) in [7, 11) is 1.75. The first kappa shape index (κ1) is 20.4. The van der Waals surface area contributed by atoms with Crippen molar-refractivity contribution in [1.82, 2.24) is 10.2 Å². The fraction of sp³-hybridized carbons (Fsp3) is 0.941. The van der Waals surface area contributed by atoms with Crippen LogP contribution in [0.5, 0.6) is 0 Å². The zero-order valence-electron chi connectivity index (χ0n) is 14.9. The maximum Gasteiger partial charge on any atom is 0.104 e. The molecule has 0 saturated heterocycles. The minimum Gasteiger partial charge on any atom is -0.383 e. The second-order valence-electron chi connectivity index (χ2n) is 6.35. The van der Waals surface area contributed by atoms with Crippen molar-refractivity contribution in [2.75, 3.05) is 26.8 Å². The van der Waals surface area contributed by atoms with Crippen molar-refractivity contribution < 1.29 is 4.74 Å². The van der Waals surface area contributed by atoms with Crippen molar-refractivity contribution in [3.63, 3.8) is 0 Å². The van der Waals surface area contributed by atoms with Crippen LogP contribution in [0.4, 0.5) is 0 Å². The summed E-state index contributed by atoms with van der Waals surface area (Å²) in [5.74, 6) is 0. The van der Waals surface area contributed by atoms with E-state index in [0.717, 1.165) is 32.5 Å². The van der Waals surface area contributed by atoms with Crippen molar-refractivity contribution in [3.05, 3.63) is 0 Å². The molecule has 0 aromatic rings. The second kappa shape index (κ2) is 11.0. The summed E-state index contributed by atoms with van der Waals surface area (Å²) >= 11 is 0. The van der Waals surface area contributed by atoms with Gasteiger partial charge in [-0.3, -0.25) is 10.2 Å². The van der Waals surface area contributed by atoms with E-state index in [1.807, 2.05) is 6.92 Å². The van der Waals surface area contributed by atoms with Gasteiger partial charge in [-0.05, 0) is 53.0 Å². The van der Waals surface area contributed by atoms with Gasteiger partial charge < -0.3 is 4.74 Å².